The molecule has 1 amide bonds. The zero-order valence-corrected chi connectivity index (χ0v) is 12.9. The highest BCUT2D eigenvalue weighted by atomic mass is 19.1. The minimum Gasteiger partial charge on any atom is -0.369 e. The Balaban J connectivity index is 1.82. The summed E-state index contributed by atoms with van der Waals surface area (Å²) in [7, 11) is 0. The van der Waals surface area contributed by atoms with E-state index < -0.39 is 0 Å². The van der Waals surface area contributed by atoms with Crippen molar-refractivity contribution in [2.24, 2.45) is 5.73 Å². The average molecular weight is 313 g/mol. The highest BCUT2D eigenvalue weighted by Crippen LogP contribution is 2.28. The molecule has 4 nitrogen and oxygen atoms in total. The van der Waals surface area contributed by atoms with Gasteiger partial charge in [-0.2, -0.15) is 0 Å². The molecule has 2 N–H and O–H groups in total. The van der Waals surface area contributed by atoms with Gasteiger partial charge in [-0.05, 0) is 43.7 Å². The maximum absolute atomic E-state index is 14.0. The van der Waals surface area contributed by atoms with E-state index in [-0.39, 0.29) is 24.2 Å². The first-order chi connectivity index (χ1) is 11.1. The molecule has 2 aromatic rings. The van der Waals surface area contributed by atoms with E-state index in [0.717, 1.165) is 31.6 Å². The molecule has 120 valence electrons. The monoisotopic (exact) mass is 313 g/mol. The lowest BCUT2D eigenvalue weighted by Crippen LogP contribution is -2.40. The van der Waals surface area contributed by atoms with Crippen LogP contribution in [-0.4, -0.2) is 35.4 Å². The van der Waals surface area contributed by atoms with Crippen LogP contribution in [0.15, 0.2) is 42.5 Å². The Labute approximate surface area is 135 Å². The molecule has 0 bridgehead atoms. The highest BCUT2D eigenvalue weighted by Gasteiger charge is 2.23. The van der Waals surface area contributed by atoms with E-state index in [4.69, 9.17) is 5.73 Å². The fourth-order valence-electron chi connectivity index (χ4n) is 3.16. The second-order valence-electron chi connectivity index (χ2n) is 5.97. The van der Waals surface area contributed by atoms with E-state index >= 15 is 0 Å². The van der Waals surface area contributed by atoms with E-state index in [1.807, 2.05) is 24.3 Å². The van der Waals surface area contributed by atoms with E-state index in [9.17, 15) is 9.18 Å². The van der Waals surface area contributed by atoms with Crippen molar-refractivity contribution in [1.29, 1.82) is 0 Å². The quantitative estimate of drug-likeness (QED) is 0.943. The molecule has 23 heavy (non-hydrogen) atoms. The molecule has 1 aliphatic rings. The van der Waals surface area contributed by atoms with Crippen LogP contribution in [0.2, 0.25) is 0 Å². The van der Waals surface area contributed by atoms with E-state index in [0.29, 0.717) is 11.3 Å². The Kier molecular flexibility index (Phi) is 4.67. The van der Waals surface area contributed by atoms with Crippen molar-refractivity contribution in [3.05, 3.63) is 54.0 Å². The minimum atomic E-state index is -0.307. The topological polar surface area (TPSA) is 59.2 Å². The van der Waals surface area contributed by atoms with Crippen LogP contribution >= 0.6 is 0 Å². The summed E-state index contributed by atoms with van der Waals surface area (Å²) in [6.45, 7) is 1.92. The first kappa shape index (κ1) is 15.6. The SMILES string of the molecule is NC(=O)CN1CCC[C@@H](c2cccc(-c3ccccc3F)n2)C1. The molecule has 2 heterocycles. The van der Waals surface area contributed by atoms with Crippen molar-refractivity contribution >= 4 is 5.91 Å². The van der Waals surface area contributed by atoms with Gasteiger partial charge in [0, 0.05) is 23.7 Å². The summed E-state index contributed by atoms with van der Waals surface area (Å²) in [4.78, 5) is 17.8. The first-order valence-corrected chi connectivity index (χ1v) is 7.86. The van der Waals surface area contributed by atoms with Gasteiger partial charge in [0.1, 0.15) is 5.82 Å². The van der Waals surface area contributed by atoms with Gasteiger partial charge in [0.05, 0.1) is 12.2 Å². The number of primary amides is 1. The van der Waals surface area contributed by atoms with Gasteiger partial charge >= 0.3 is 0 Å². The Morgan fingerprint density at radius 2 is 2.09 bits per heavy atom. The number of aromatic nitrogens is 1. The van der Waals surface area contributed by atoms with Crippen molar-refractivity contribution in [3.8, 4) is 11.3 Å². The summed E-state index contributed by atoms with van der Waals surface area (Å²) in [5.41, 5.74) is 7.39. The molecule has 5 heteroatoms. The predicted octanol–water partition coefficient (Wildman–Crippen LogP) is 2.55. The molecule has 0 aliphatic carbocycles. The third-order valence-corrected chi connectivity index (χ3v) is 4.22. The molecule has 1 aliphatic heterocycles. The predicted molar refractivity (Wildman–Crippen MR) is 87.2 cm³/mol. The standard InChI is InChI=1S/C18H20FN3O/c19-15-7-2-1-6-14(15)17-9-3-8-16(21-17)13-5-4-10-22(11-13)12-18(20)23/h1-3,6-9,13H,4-5,10-12H2,(H2,20,23)/t13-/m1/s1. The molecule has 1 aromatic carbocycles. The summed E-state index contributed by atoms with van der Waals surface area (Å²) >= 11 is 0. The number of piperidine rings is 1. The van der Waals surface area contributed by atoms with Crippen molar-refractivity contribution in [1.82, 2.24) is 9.88 Å². The van der Waals surface area contributed by atoms with Crippen molar-refractivity contribution in [2.75, 3.05) is 19.6 Å². The number of rotatable bonds is 4. The molecule has 0 spiro atoms. The van der Waals surface area contributed by atoms with Crippen LogP contribution in [0.3, 0.4) is 0 Å². The zero-order chi connectivity index (χ0) is 16.2. The van der Waals surface area contributed by atoms with E-state index in [1.165, 1.54) is 6.07 Å². The number of amides is 1. The van der Waals surface area contributed by atoms with Gasteiger partial charge in [-0.3, -0.25) is 14.7 Å². The molecule has 1 atom stereocenters. The number of halogens is 1. The van der Waals surface area contributed by atoms with Crippen LogP contribution in [0, 0.1) is 5.82 Å². The third kappa shape index (κ3) is 3.74. The number of nitrogens with zero attached hydrogens (tertiary/aromatic N) is 2. The van der Waals surface area contributed by atoms with Crippen LogP contribution in [0.4, 0.5) is 4.39 Å². The van der Waals surface area contributed by atoms with Crippen molar-refractivity contribution < 1.29 is 9.18 Å². The minimum absolute atomic E-state index is 0.245. The van der Waals surface area contributed by atoms with Gasteiger partial charge in [-0.25, -0.2) is 4.39 Å². The van der Waals surface area contributed by atoms with E-state index in [2.05, 4.69) is 9.88 Å². The Bertz CT molecular complexity index is 704. The molecule has 1 saturated heterocycles. The highest BCUT2D eigenvalue weighted by molar-refractivity contribution is 5.75. The van der Waals surface area contributed by atoms with Crippen LogP contribution in [0.1, 0.15) is 24.5 Å². The lowest BCUT2D eigenvalue weighted by molar-refractivity contribution is -0.119. The number of carbonyl (C=O) groups is 1. The maximum Gasteiger partial charge on any atom is 0.231 e. The molecule has 0 radical (unpaired) electrons. The zero-order valence-electron chi connectivity index (χ0n) is 12.9. The van der Waals surface area contributed by atoms with Crippen LogP contribution < -0.4 is 5.73 Å². The number of nitrogens with two attached hydrogens (primary N) is 1. The van der Waals surface area contributed by atoms with E-state index in [1.54, 1.807) is 12.1 Å². The second kappa shape index (κ2) is 6.87. The number of hydrogen-bond acceptors (Lipinski definition) is 3. The summed E-state index contributed by atoms with van der Waals surface area (Å²) in [6, 6.07) is 12.4. The Hall–Kier alpha value is -2.27. The van der Waals surface area contributed by atoms with Crippen molar-refractivity contribution in [2.45, 2.75) is 18.8 Å². The molecular weight excluding hydrogens is 293 g/mol. The largest absolute Gasteiger partial charge is 0.369 e. The number of hydrogen-bond donors (Lipinski definition) is 1. The Morgan fingerprint density at radius 1 is 1.26 bits per heavy atom. The normalized spacial score (nSPS) is 18.7. The molecular formula is C18H20FN3O. The summed E-state index contributed by atoms with van der Waals surface area (Å²) in [6.07, 6.45) is 2.02. The third-order valence-electron chi connectivity index (χ3n) is 4.22. The Morgan fingerprint density at radius 3 is 2.87 bits per heavy atom. The lowest BCUT2D eigenvalue weighted by Gasteiger charge is -2.31. The van der Waals surface area contributed by atoms with Crippen molar-refractivity contribution in [3.63, 3.8) is 0 Å². The molecule has 3 rings (SSSR count). The lowest BCUT2D eigenvalue weighted by atomic mass is 9.94. The van der Waals surface area contributed by atoms with Gasteiger partial charge in [0.15, 0.2) is 0 Å². The number of carbonyl (C=O) groups excluding carboxylic acids is 1. The summed E-state index contributed by atoms with van der Waals surface area (Å²) in [5, 5.41) is 0. The summed E-state index contributed by atoms with van der Waals surface area (Å²) < 4.78 is 14.0. The van der Waals surface area contributed by atoms with Crippen LogP contribution in [-0.2, 0) is 4.79 Å². The van der Waals surface area contributed by atoms with Gasteiger partial charge in [0.25, 0.3) is 0 Å². The molecule has 1 fully saturated rings. The fraction of sp³-hybridized carbons (Fsp3) is 0.333. The van der Waals surface area contributed by atoms with Gasteiger partial charge in [-0.1, -0.05) is 18.2 Å². The van der Waals surface area contributed by atoms with Gasteiger partial charge in [-0.15, -0.1) is 0 Å². The average Bonchev–Trinajstić information content (AvgIpc) is 2.55. The number of likely N-dealkylation sites (tertiary alicyclic amines) is 1. The molecule has 0 unspecified atom stereocenters. The molecule has 1 aromatic heterocycles. The second-order valence-corrected chi connectivity index (χ2v) is 5.97. The maximum atomic E-state index is 14.0. The number of benzene rings is 1. The van der Waals surface area contributed by atoms with Crippen LogP contribution in [0.25, 0.3) is 11.3 Å². The summed E-state index contributed by atoms with van der Waals surface area (Å²) in [5.74, 6) is -0.329. The van der Waals surface area contributed by atoms with Gasteiger partial charge in [0.2, 0.25) is 5.91 Å². The first-order valence-electron chi connectivity index (χ1n) is 7.86. The van der Waals surface area contributed by atoms with Crippen LogP contribution in [0.5, 0.6) is 0 Å². The molecule has 0 saturated carbocycles. The van der Waals surface area contributed by atoms with Gasteiger partial charge < -0.3 is 5.73 Å². The number of pyridine rings is 1. The fourth-order valence-corrected chi connectivity index (χ4v) is 3.16. The smallest absolute Gasteiger partial charge is 0.231 e.